The third-order valence-electron chi connectivity index (χ3n) is 4.20. The van der Waals surface area contributed by atoms with Crippen molar-refractivity contribution in [2.75, 3.05) is 0 Å². The minimum absolute atomic E-state index is 0.218. The first-order valence-corrected chi connectivity index (χ1v) is 6.62. The van der Waals surface area contributed by atoms with Crippen LogP contribution in [0.15, 0.2) is 18.2 Å². The van der Waals surface area contributed by atoms with Crippen LogP contribution in [0, 0.1) is 6.57 Å². The van der Waals surface area contributed by atoms with Crippen molar-refractivity contribution in [1.29, 1.82) is 0 Å². The van der Waals surface area contributed by atoms with Crippen LogP contribution in [0.25, 0.3) is 4.85 Å². The monoisotopic (exact) mass is 283 g/mol. The zero-order valence-electron chi connectivity index (χ0n) is 11.5. The summed E-state index contributed by atoms with van der Waals surface area (Å²) in [5.41, 5.74) is 0.715. The molecule has 1 N–H and O–H groups in total. The van der Waals surface area contributed by atoms with Gasteiger partial charge in [0.15, 0.2) is 5.69 Å². The summed E-state index contributed by atoms with van der Waals surface area (Å²) in [5.74, 6) is -0.976. The number of amides is 3. The molecular weight excluding hydrogens is 270 g/mol. The highest BCUT2D eigenvalue weighted by Crippen LogP contribution is 2.35. The molecule has 0 radical (unpaired) electrons. The fourth-order valence-electron chi connectivity index (χ4n) is 2.83. The summed E-state index contributed by atoms with van der Waals surface area (Å²) in [6.45, 7) is 8.98. The van der Waals surface area contributed by atoms with Crippen molar-refractivity contribution < 1.29 is 14.4 Å². The number of hydrogen-bond donors (Lipinski definition) is 1. The largest absolute Gasteiger partial charge is 0.320 e. The van der Waals surface area contributed by atoms with Gasteiger partial charge in [-0.1, -0.05) is 18.2 Å². The van der Waals surface area contributed by atoms with Gasteiger partial charge in [-0.2, -0.15) is 0 Å². The Morgan fingerprint density at radius 3 is 2.76 bits per heavy atom. The predicted molar refractivity (Wildman–Crippen MR) is 73.4 cm³/mol. The topological polar surface area (TPSA) is 70.8 Å². The van der Waals surface area contributed by atoms with Crippen LogP contribution in [0.5, 0.6) is 0 Å². The standard InChI is InChI=1S/C15H13N3O3/c1-15(6-5-12(19)17-14(15)21)18-8-9-7-10(16-2)3-4-11(9)13(18)20/h3-4,7H,5-6,8H2,1H3,(H,17,19,21)/t15-/m1/s1. The minimum atomic E-state index is -1.03. The summed E-state index contributed by atoms with van der Waals surface area (Å²) in [5, 5.41) is 2.30. The van der Waals surface area contributed by atoms with E-state index in [-0.39, 0.29) is 24.8 Å². The van der Waals surface area contributed by atoms with Crippen molar-refractivity contribution in [3.05, 3.63) is 40.7 Å². The Kier molecular flexibility index (Phi) is 2.80. The molecule has 2 aliphatic heterocycles. The molecule has 0 spiro atoms. The van der Waals surface area contributed by atoms with Crippen LogP contribution in [0.3, 0.4) is 0 Å². The van der Waals surface area contributed by atoms with E-state index in [9.17, 15) is 14.4 Å². The first-order chi connectivity index (χ1) is 9.95. The molecule has 0 aliphatic carbocycles. The van der Waals surface area contributed by atoms with Crippen molar-refractivity contribution in [2.45, 2.75) is 31.8 Å². The number of benzene rings is 1. The molecule has 1 aromatic rings. The third-order valence-corrected chi connectivity index (χ3v) is 4.20. The molecule has 0 saturated carbocycles. The third kappa shape index (κ3) is 1.89. The molecule has 21 heavy (non-hydrogen) atoms. The number of hydrogen-bond acceptors (Lipinski definition) is 3. The van der Waals surface area contributed by atoms with E-state index in [4.69, 9.17) is 6.57 Å². The molecule has 1 atom stereocenters. The molecule has 3 amide bonds. The fourth-order valence-corrected chi connectivity index (χ4v) is 2.83. The SMILES string of the molecule is [C-]#[N+]c1ccc2c(c1)CN([C@]1(C)CCC(=O)NC1=O)C2=O. The summed E-state index contributed by atoms with van der Waals surface area (Å²) in [4.78, 5) is 40.8. The number of nitrogens with zero attached hydrogens (tertiary/aromatic N) is 2. The van der Waals surface area contributed by atoms with E-state index in [0.717, 1.165) is 5.56 Å². The number of imide groups is 1. The lowest BCUT2D eigenvalue weighted by Crippen LogP contribution is -2.61. The predicted octanol–water partition coefficient (Wildman–Crippen LogP) is 1.39. The Bertz CT molecular complexity index is 719. The maximum atomic E-state index is 12.5. The summed E-state index contributed by atoms with van der Waals surface area (Å²) < 4.78 is 0. The Hall–Kier alpha value is -2.68. The number of fused-ring (bicyclic) bond motifs is 1. The Morgan fingerprint density at radius 1 is 1.33 bits per heavy atom. The van der Waals surface area contributed by atoms with Crippen LogP contribution < -0.4 is 5.32 Å². The Balaban J connectivity index is 1.96. The zero-order chi connectivity index (χ0) is 15.2. The van der Waals surface area contributed by atoms with Crippen LogP contribution >= 0.6 is 0 Å². The van der Waals surface area contributed by atoms with Gasteiger partial charge in [-0.3, -0.25) is 19.7 Å². The number of carbonyl (C=O) groups is 3. The summed E-state index contributed by atoms with van der Waals surface area (Å²) in [6.07, 6.45) is 0.530. The van der Waals surface area contributed by atoms with Gasteiger partial charge in [0.05, 0.1) is 6.57 Å². The van der Waals surface area contributed by atoms with Gasteiger partial charge in [0.1, 0.15) is 5.54 Å². The molecule has 0 aromatic heterocycles. The van der Waals surface area contributed by atoms with Gasteiger partial charge in [0, 0.05) is 18.5 Å². The normalized spacial score (nSPS) is 24.6. The zero-order valence-corrected chi connectivity index (χ0v) is 11.5. The van der Waals surface area contributed by atoms with Crippen LogP contribution in [0.4, 0.5) is 5.69 Å². The van der Waals surface area contributed by atoms with Gasteiger partial charge in [0.25, 0.3) is 11.8 Å². The van der Waals surface area contributed by atoms with Crippen molar-refractivity contribution in [2.24, 2.45) is 0 Å². The minimum Gasteiger partial charge on any atom is -0.320 e. The lowest BCUT2D eigenvalue weighted by molar-refractivity contribution is -0.142. The van der Waals surface area contributed by atoms with E-state index in [1.165, 1.54) is 4.90 Å². The summed E-state index contributed by atoms with van der Waals surface area (Å²) >= 11 is 0. The molecule has 2 aliphatic rings. The quantitative estimate of drug-likeness (QED) is 0.625. The second-order valence-electron chi connectivity index (χ2n) is 5.50. The molecule has 6 heteroatoms. The van der Waals surface area contributed by atoms with Gasteiger partial charge in [0.2, 0.25) is 5.91 Å². The van der Waals surface area contributed by atoms with Gasteiger partial charge in [-0.25, -0.2) is 4.85 Å². The van der Waals surface area contributed by atoms with Crippen molar-refractivity contribution in [3.63, 3.8) is 0 Å². The van der Waals surface area contributed by atoms with Crippen molar-refractivity contribution in [3.8, 4) is 0 Å². The molecule has 106 valence electrons. The first kappa shape index (κ1) is 13.3. The van der Waals surface area contributed by atoms with Crippen LogP contribution in [0.2, 0.25) is 0 Å². The smallest absolute Gasteiger partial charge is 0.255 e. The van der Waals surface area contributed by atoms with E-state index in [0.29, 0.717) is 17.7 Å². The Morgan fingerprint density at radius 2 is 2.10 bits per heavy atom. The number of nitrogens with one attached hydrogen (secondary N) is 1. The molecule has 1 saturated heterocycles. The second kappa shape index (κ2) is 4.42. The van der Waals surface area contributed by atoms with Gasteiger partial charge < -0.3 is 4.90 Å². The average molecular weight is 283 g/mol. The highest BCUT2D eigenvalue weighted by molar-refractivity contribution is 6.07. The van der Waals surface area contributed by atoms with E-state index in [2.05, 4.69) is 10.2 Å². The molecule has 0 bridgehead atoms. The summed E-state index contributed by atoms with van der Waals surface area (Å²) in [6, 6.07) is 4.90. The van der Waals surface area contributed by atoms with E-state index in [1.54, 1.807) is 25.1 Å². The number of carbonyl (C=O) groups excluding carboxylic acids is 3. The van der Waals surface area contributed by atoms with E-state index < -0.39 is 11.4 Å². The van der Waals surface area contributed by atoms with Gasteiger partial charge >= 0.3 is 0 Å². The lowest BCUT2D eigenvalue weighted by atomic mass is 9.89. The van der Waals surface area contributed by atoms with Crippen molar-refractivity contribution in [1.82, 2.24) is 10.2 Å². The highest BCUT2D eigenvalue weighted by Gasteiger charge is 2.48. The molecule has 1 fully saturated rings. The van der Waals surface area contributed by atoms with Gasteiger partial charge in [-0.05, 0) is 18.9 Å². The Labute approximate surface area is 121 Å². The molecule has 3 rings (SSSR count). The molecular formula is C15H13N3O3. The van der Waals surface area contributed by atoms with Gasteiger partial charge in [-0.15, -0.1) is 0 Å². The molecule has 1 aromatic carbocycles. The molecule has 6 nitrogen and oxygen atoms in total. The van der Waals surface area contributed by atoms with Crippen LogP contribution in [0.1, 0.15) is 35.7 Å². The molecule has 0 unspecified atom stereocenters. The lowest BCUT2D eigenvalue weighted by Gasteiger charge is -2.39. The first-order valence-electron chi connectivity index (χ1n) is 6.62. The van der Waals surface area contributed by atoms with E-state index in [1.807, 2.05) is 0 Å². The average Bonchev–Trinajstić information content (AvgIpc) is 2.80. The second-order valence-corrected chi connectivity index (χ2v) is 5.50. The fraction of sp³-hybridized carbons (Fsp3) is 0.333. The van der Waals surface area contributed by atoms with Crippen LogP contribution in [-0.2, 0) is 16.1 Å². The van der Waals surface area contributed by atoms with E-state index >= 15 is 0 Å². The van der Waals surface area contributed by atoms with Crippen LogP contribution in [-0.4, -0.2) is 28.2 Å². The van der Waals surface area contributed by atoms with Crippen molar-refractivity contribution >= 4 is 23.4 Å². The summed E-state index contributed by atoms with van der Waals surface area (Å²) in [7, 11) is 0. The molecule has 2 heterocycles. The number of piperidine rings is 1. The maximum absolute atomic E-state index is 12.5. The maximum Gasteiger partial charge on any atom is 0.255 e. The number of rotatable bonds is 1. The highest BCUT2D eigenvalue weighted by atomic mass is 16.2.